The average molecular weight is 332 g/mol. The smallest absolute Gasteiger partial charge is 0.238 e. The fourth-order valence-corrected chi connectivity index (χ4v) is 3.18. The van der Waals surface area contributed by atoms with E-state index in [4.69, 9.17) is 0 Å². The van der Waals surface area contributed by atoms with Crippen molar-refractivity contribution in [3.63, 3.8) is 0 Å². The number of aromatic amines is 1. The average Bonchev–Trinajstić information content (AvgIpc) is 3.05. The fourth-order valence-electron chi connectivity index (χ4n) is 3.18. The van der Waals surface area contributed by atoms with E-state index in [1.807, 2.05) is 18.7 Å². The number of hydrogen-bond donors (Lipinski definition) is 3. The highest BCUT2D eigenvalue weighted by atomic mass is 19.1. The molecule has 1 aromatic heterocycles. The maximum absolute atomic E-state index is 13.1. The van der Waals surface area contributed by atoms with E-state index in [0.29, 0.717) is 18.7 Å². The van der Waals surface area contributed by atoms with Crippen LogP contribution < -0.4 is 5.32 Å². The second-order valence-corrected chi connectivity index (χ2v) is 6.24. The number of carbonyl (C=O) groups is 1. The van der Waals surface area contributed by atoms with Gasteiger partial charge in [0.25, 0.3) is 0 Å². The van der Waals surface area contributed by atoms with Crippen molar-refractivity contribution in [1.82, 2.24) is 15.1 Å². The van der Waals surface area contributed by atoms with E-state index in [9.17, 15) is 14.3 Å². The Morgan fingerprint density at radius 1 is 1.42 bits per heavy atom. The number of likely N-dealkylation sites (tertiary alicyclic amines) is 1. The third-order valence-electron chi connectivity index (χ3n) is 4.38. The summed E-state index contributed by atoms with van der Waals surface area (Å²) in [5.74, 6) is -0.462. The zero-order valence-corrected chi connectivity index (χ0v) is 13.7. The van der Waals surface area contributed by atoms with Gasteiger partial charge in [-0.05, 0) is 38.0 Å². The number of nitrogens with zero attached hydrogens (tertiary/aromatic N) is 2. The molecule has 7 heteroatoms. The van der Waals surface area contributed by atoms with E-state index in [-0.39, 0.29) is 24.3 Å². The topological polar surface area (TPSA) is 81.2 Å². The number of nitrogens with one attached hydrogen (secondary N) is 2. The van der Waals surface area contributed by atoms with E-state index in [2.05, 4.69) is 15.5 Å². The Morgan fingerprint density at radius 3 is 2.75 bits per heavy atom. The number of aliphatic hydroxyl groups excluding tert-OH is 1. The Hall–Kier alpha value is -2.25. The van der Waals surface area contributed by atoms with Crippen molar-refractivity contribution in [3.8, 4) is 0 Å². The van der Waals surface area contributed by atoms with E-state index < -0.39 is 6.10 Å². The van der Waals surface area contributed by atoms with Gasteiger partial charge in [0.05, 0.1) is 29.7 Å². The van der Waals surface area contributed by atoms with Gasteiger partial charge in [-0.15, -0.1) is 0 Å². The van der Waals surface area contributed by atoms with E-state index >= 15 is 0 Å². The minimum absolute atomic E-state index is 0.0992. The molecule has 0 spiro atoms. The largest absolute Gasteiger partial charge is 0.392 e. The Bertz CT molecular complexity index is 709. The first-order valence-corrected chi connectivity index (χ1v) is 7.93. The molecule has 0 radical (unpaired) electrons. The molecular formula is C17H21FN4O2. The van der Waals surface area contributed by atoms with Crippen LogP contribution in [0.3, 0.4) is 0 Å². The first-order valence-electron chi connectivity index (χ1n) is 7.93. The summed E-state index contributed by atoms with van der Waals surface area (Å²) in [5.41, 5.74) is 3.13. The number of benzene rings is 1. The normalized spacial score (nSPS) is 21.2. The van der Waals surface area contributed by atoms with E-state index in [0.717, 1.165) is 17.0 Å². The van der Waals surface area contributed by atoms with Crippen LogP contribution in [0.4, 0.5) is 10.1 Å². The SMILES string of the molecule is Cc1n[nH]c(C)c1NC(=O)CN1C[C@H](O)C[C@@H]1c1ccc(F)cc1. The van der Waals surface area contributed by atoms with Crippen LogP contribution in [0.1, 0.15) is 29.4 Å². The molecule has 3 N–H and O–H groups in total. The highest BCUT2D eigenvalue weighted by molar-refractivity contribution is 5.93. The van der Waals surface area contributed by atoms with Gasteiger partial charge in [0.2, 0.25) is 5.91 Å². The van der Waals surface area contributed by atoms with Crippen LogP contribution in [0.2, 0.25) is 0 Å². The molecule has 128 valence electrons. The molecule has 6 nitrogen and oxygen atoms in total. The van der Waals surface area contributed by atoms with Gasteiger partial charge in [0, 0.05) is 12.6 Å². The summed E-state index contributed by atoms with van der Waals surface area (Å²) in [6.07, 6.45) is 0.0353. The van der Waals surface area contributed by atoms with Gasteiger partial charge in [-0.3, -0.25) is 14.8 Å². The van der Waals surface area contributed by atoms with Gasteiger partial charge < -0.3 is 10.4 Å². The molecule has 0 unspecified atom stereocenters. The standard InChI is InChI=1S/C17H21FN4O2/c1-10-17(11(2)21-20-10)19-16(24)9-22-8-14(23)7-15(22)12-3-5-13(18)6-4-12/h3-6,14-15,23H,7-9H2,1-2H3,(H,19,24)(H,20,21)/t14-,15-/m1/s1. The number of halogens is 1. The van der Waals surface area contributed by atoms with Crippen LogP contribution in [-0.2, 0) is 4.79 Å². The van der Waals surface area contributed by atoms with Gasteiger partial charge in [0.15, 0.2) is 0 Å². The molecule has 0 bridgehead atoms. The molecule has 1 aliphatic rings. The van der Waals surface area contributed by atoms with Crippen molar-refractivity contribution in [2.45, 2.75) is 32.4 Å². The van der Waals surface area contributed by atoms with Crippen molar-refractivity contribution >= 4 is 11.6 Å². The molecule has 0 aliphatic carbocycles. The van der Waals surface area contributed by atoms with Crippen molar-refractivity contribution in [2.75, 3.05) is 18.4 Å². The second kappa shape index (κ2) is 6.70. The molecular weight excluding hydrogens is 311 g/mol. The fraction of sp³-hybridized carbons (Fsp3) is 0.412. The summed E-state index contributed by atoms with van der Waals surface area (Å²) in [4.78, 5) is 14.3. The number of anilines is 1. The van der Waals surface area contributed by atoms with Crippen LogP contribution >= 0.6 is 0 Å². The number of H-pyrrole nitrogens is 1. The van der Waals surface area contributed by atoms with Crippen LogP contribution in [0, 0.1) is 19.7 Å². The number of rotatable bonds is 4. The Morgan fingerprint density at radius 2 is 2.12 bits per heavy atom. The van der Waals surface area contributed by atoms with Crippen molar-refractivity contribution in [1.29, 1.82) is 0 Å². The summed E-state index contributed by atoms with van der Waals surface area (Å²) in [7, 11) is 0. The molecule has 1 saturated heterocycles. The minimum Gasteiger partial charge on any atom is -0.392 e. The molecule has 3 rings (SSSR count). The predicted molar refractivity (Wildman–Crippen MR) is 88.0 cm³/mol. The summed E-state index contributed by atoms with van der Waals surface area (Å²) in [6, 6.07) is 6.10. The molecule has 1 fully saturated rings. The van der Waals surface area contributed by atoms with E-state index in [1.165, 1.54) is 12.1 Å². The Balaban J connectivity index is 1.70. The molecule has 2 aromatic rings. The third-order valence-corrected chi connectivity index (χ3v) is 4.38. The number of hydrogen-bond acceptors (Lipinski definition) is 4. The summed E-state index contributed by atoms with van der Waals surface area (Å²) in [6.45, 7) is 4.23. The maximum Gasteiger partial charge on any atom is 0.238 e. The first kappa shape index (κ1) is 16.6. The van der Waals surface area contributed by atoms with Crippen LogP contribution in [0.5, 0.6) is 0 Å². The van der Waals surface area contributed by atoms with Crippen LogP contribution in [0.15, 0.2) is 24.3 Å². The summed E-state index contributed by atoms with van der Waals surface area (Å²) in [5, 5.41) is 19.7. The molecule has 24 heavy (non-hydrogen) atoms. The molecule has 1 aliphatic heterocycles. The van der Waals surface area contributed by atoms with Crippen molar-refractivity contribution < 1.29 is 14.3 Å². The maximum atomic E-state index is 13.1. The van der Waals surface area contributed by atoms with Gasteiger partial charge in [-0.1, -0.05) is 12.1 Å². The van der Waals surface area contributed by atoms with Gasteiger partial charge >= 0.3 is 0 Å². The lowest BCUT2D eigenvalue weighted by Crippen LogP contribution is -2.34. The Kier molecular flexibility index (Phi) is 4.64. The summed E-state index contributed by atoms with van der Waals surface area (Å²) < 4.78 is 13.1. The number of aliphatic hydroxyl groups is 1. The highest BCUT2D eigenvalue weighted by Crippen LogP contribution is 2.32. The quantitative estimate of drug-likeness (QED) is 0.799. The highest BCUT2D eigenvalue weighted by Gasteiger charge is 2.33. The van der Waals surface area contributed by atoms with Crippen molar-refractivity contribution in [2.24, 2.45) is 0 Å². The van der Waals surface area contributed by atoms with Crippen molar-refractivity contribution in [3.05, 3.63) is 47.0 Å². The zero-order chi connectivity index (χ0) is 17.3. The summed E-state index contributed by atoms with van der Waals surface area (Å²) >= 11 is 0. The van der Waals surface area contributed by atoms with Gasteiger partial charge in [-0.25, -0.2) is 4.39 Å². The zero-order valence-electron chi connectivity index (χ0n) is 13.7. The number of β-amino-alcohol motifs (C(OH)–C–C–N with tert-alkyl or cyclic N) is 1. The monoisotopic (exact) mass is 332 g/mol. The lowest BCUT2D eigenvalue weighted by Gasteiger charge is -2.23. The molecule has 0 saturated carbocycles. The van der Waals surface area contributed by atoms with E-state index in [1.54, 1.807) is 12.1 Å². The molecule has 2 atom stereocenters. The van der Waals surface area contributed by atoms with Gasteiger partial charge in [0.1, 0.15) is 5.82 Å². The number of carbonyl (C=O) groups excluding carboxylic acids is 1. The number of amides is 1. The third kappa shape index (κ3) is 3.47. The molecule has 2 heterocycles. The molecule has 1 amide bonds. The number of aromatic nitrogens is 2. The van der Waals surface area contributed by atoms with Crippen LogP contribution in [-0.4, -0.2) is 45.3 Å². The van der Waals surface area contributed by atoms with Gasteiger partial charge in [-0.2, -0.15) is 5.10 Å². The lowest BCUT2D eigenvalue weighted by atomic mass is 10.0. The predicted octanol–water partition coefficient (Wildman–Crippen LogP) is 1.91. The molecule has 1 aromatic carbocycles. The number of aryl methyl sites for hydroxylation is 2. The minimum atomic E-state index is -0.495. The Labute approximate surface area is 139 Å². The second-order valence-electron chi connectivity index (χ2n) is 6.24. The van der Waals surface area contributed by atoms with Crippen LogP contribution in [0.25, 0.3) is 0 Å². The lowest BCUT2D eigenvalue weighted by molar-refractivity contribution is -0.117. The first-order chi connectivity index (χ1) is 11.4.